The van der Waals surface area contributed by atoms with Gasteiger partial charge in [-0.3, -0.25) is 0 Å². The summed E-state index contributed by atoms with van der Waals surface area (Å²) in [7, 11) is 1.92. The molecule has 0 amide bonds. The molecule has 78 valence electrons. The molecule has 0 saturated carbocycles. The van der Waals surface area contributed by atoms with Gasteiger partial charge >= 0.3 is 0 Å². The third-order valence-electron chi connectivity index (χ3n) is 2.17. The van der Waals surface area contributed by atoms with E-state index in [9.17, 15) is 0 Å². The molecule has 0 radical (unpaired) electrons. The summed E-state index contributed by atoms with van der Waals surface area (Å²) in [5, 5.41) is 3.11. The second-order valence-electron chi connectivity index (χ2n) is 3.27. The number of rotatable bonds is 3. The van der Waals surface area contributed by atoms with Crippen LogP contribution in [0.1, 0.15) is 5.69 Å². The number of nitrogens with zero attached hydrogens (tertiary/aromatic N) is 1. The molecule has 1 aromatic carbocycles. The average molecular weight is 266 g/mol. The molecule has 0 aliphatic heterocycles. The first-order valence-electron chi connectivity index (χ1n) is 4.74. The zero-order chi connectivity index (χ0) is 10.7. The van der Waals surface area contributed by atoms with Gasteiger partial charge in [0.2, 0.25) is 0 Å². The van der Waals surface area contributed by atoms with Crippen LogP contribution >= 0.6 is 15.9 Å². The van der Waals surface area contributed by atoms with Crippen molar-refractivity contribution in [2.75, 3.05) is 7.05 Å². The number of aromatic amines is 1. The van der Waals surface area contributed by atoms with Crippen LogP contribution in [-0.2, 0) is 6.54 Å². The molecule has 0 aliphatic rings. The number of imidazole rings is 1. The first-order chi connectivity index (χ1) is 7.31. The van der Waals surface area contributed by atoms with Crippen molar-refractivity contribution < 1.29 is 0 Å². The topological polar surface area (TPSA) is 40.7 Å². The Kier molecular flexibility index (Phi) is 3.18. The van der Waals surface area contributed by atoms with Crippen LogP contribution in [0, 0.1) is 0 Å². The van der Waals surface area contributed by atoms with E-state index in [1.165, 1.54) is 0 Å². The summed E-state index contributed by atoms with van der Waals surface area (Å²) in [5.41, 5.74) is 3.23. The molecule has 2 rings (SSSR count). The number of nitrogens with one attached hydrogen (secondary N) is 2. The molecule has 0 atom stereocenters. The predicted molar refractivity (Wildman–Crippen MR) is 64.5 cm³/mol. The van der Waals surface area contributed by atoms with Gasteiger partial charge in [0.15, 0.2) is 0 Å². The number of aromatic nitrogens is 2. The molecule has 1 heterocycles. The van der Waals surface area contributed by atoms with Gasteiger partial charge in [-0.2, -0.15) is 0 Å². The Morgan fingerprint density at radius 3 is 3.07 bits per heavy atom. The van der Waals surface area contributed by atoms with E-state index in [0.29, 0.717) is 0 Å². The SMILES string of the molecule is CNCc1[nH]cnc1-c1cccc(Br)c1. The monoisotopic (exact) mass is 265 g/mol. The summed E-state index contributed by atoms with van der Waals surface area (Å²) < 4.78 is 1.07. The van der Waals surface area contributed by atoms with Crippen LogP contribution in [0.2, 0.25) is 0 Å². The van der Waals surface area contributed by atoms with E-state index in [2.05, 4.69) is 43.3 Å². The lowest BCUT2D eigenvalue weighted by Gasteiger charge is -2.02. The number of halogens is 1. The van der Waals surface area contributed by atoms with Crippen molar-refractivity contribution in [3.63, 3.8) is 0 Å². The smallest absolute Gasteiger partial charge is 0.0929 e. The summed E-state index contributed by atoms with van der Waals surface area (Å²) in [5.74, 6) is 0. The largest absolute Gasteiger partial charge is 0.347 e. The number of hydrogen-bond donors (Lipinski definition) is 2. The molecule has 15 heavy (non-hydrogen) atoms. The summed E-state index contributed by atoms with van der Waals surface area (Å²) in [6, 6.07) is 8.14. The van der Waals surface area contributed by atoms with Crippen molar-refractivity contribution in [3.8, 4) is 11.3 Å². The van der Waals surface area contributed by atoms with Crippen LogP contribution in [-0.4, -0.2) is 17.0 Å². The molecule has 2 N–H and O–H groups in total. The number of hydrogen-bond acceptors (Lipinski definition) is 2. The molecule has 0 saturated heterocycles. The van der Waals surface area contributed by atoms with Crippen molar-refractivity contribution >= 4 is 15.9 Å². The van der Waals surface area contributed by atoms with Crippen LogP contribution in [0.4, 0.5) is 0 Å². The van der Waals surface area contributed by atoms with Crippen molar-refractivity contribution in [1.29, 1.82) is 0 Å². The molecule has 0 unspecified atom stereocenters. The average Bonchev–Trinajstić information content (AvgIpc) is 2.66. The van der Waals surface area contributed by atoms with Crippen molar-refractivity contribution in [2.24, 2.45) is 0 Å². The lowest BCUT2D eigenvalue weighted by Crippen LogP contribution is -2.06. The van der Waals surface area contributed by atoms with Crippen LogP contribution in [0.3, 0.4) is 0 Å². The highest BCUT2D eigenvalue weighted by Crippen LogP contribution is 2.23. The highest BCUT2D eigenvalue weighted by Gasteiger charge is 2.07. The van der Waals surface area contributed by atoms with E-state index in [1.54, 1.807) is 6.33 Å². The van der Waals surface area contributed by atoms with Gasteiger partial charge in [0, 0.05) is 16.6 Å². The second-order valence-corrected chi connectivity index (χ2v) is 4.19. The van der Waals surface area contributed by atoms with Crippen LogP contribution in [0.15, 0.2) is 35.1 Å². The Bertz CT molecular complexity index is 451. The minimum Gasteiger partial charge on any atom is -0.347 e. The highest BCUT2D eigenvalue weighted by molar-refractivity contribution is 9.10. The summed E-state index contributed by atoms with van der Waals surface area (Å²) in [6.07, 6.45) is 1.73. The van der Waals surface area contributed by atoms with Gasteiger partial charge in [-0.25, -0.2) is 4.98 Å². The van der Waals surface area contributed by atoms with E-state index in [1.807, 2.05) is 19.2 Å². The Morgan fingerprint density at radius 1 is 1.47 bits per heavy atom. The minimum atomic E-state index is 0.793. The van der Waals surface area contributed by atoms with Crippen LogP contribution in [0.25, 0.3) is 11.3 Å². The number of H-pyrrole nitrogens is 1. The van der Waals surface area contributed by atoms with Gasteiger partial charge < -0.3 is 10.3 Å². The summed E-state index contributed by atoms with van der Waals surface area (Å²) >= 11 is 3.46. The van der Waals surface area contributed by atoms with E-state index < -0.39 is 0 Å². The van der Waals surface area contributed by atoms with E-state index >= 15 is 0 Å². The van der Waals surface area contributed by atoms with Gasteiger partial charge in [0.05, 0.1) is 17.7 Å². The van der Waals surface area contributed by atoms with E-state index in [-0.39, 0.29) is 0 Å². The standard InChI is InChI=1S/C11H12BrN3/c1-13-6-10-11(15-7-14-10)8-3-2-4-9(12)5-8/h2-5,7,13H,6H2,1H3,(H,14,15). The van der Waals surface area contributed by atoms with Gasteiger partial charge in [-0.15, -0.1) is 0 Å². The number of benzene rings is 1. The Hall–Kier alpha value is -1.13. The predicted octanol–water partition coefficient (Wildman–Crippen LogP) is 2.56. The molecule has 3 nitrogen and oxygen atoms in total. The fourth-order valence-corrected chi connectivity index (χ4v) is 1.92. The maximum Gasteiger partial charge on any atom is 0.0929 e. The third kappa shape index (κ3) is 2.27. The molecule has 0 aliphatic carbocycles. The van der Waals surface area contributed by atoms with Crippen molar-refractivity contribution in [1.82, 2.24) is 15.3 Å². The fourth-order valence-electron chi connectivity index (χ4n) is 1.52. The molecule has 0 bridgehead atoms. The molecule has 0 fully saturated rings. The Balaban J connectivity index is 2.40. The quantitative estimate of drug-likeness (QED) is 0.896. The maximum atomic E-state index is 4.33. The fraction of sp³-hybridized carbons (Fsp3) is 0.182. The van der Waals surface area contributed by atoms with Gasteiger partial charge in [-0.1, -0.05) is 28.1 Å². The molecular weight excluding hydrogens is 254 g/mol. The van der Waals surface area contributed by atoms with E-state index in [4.69, 9.17) is 0 Å². The molecule has 0 spiro atoms. The van der Waals surface area contributed by atoms with Crippen LogP contribution < -0.4 is 5.32 Å². The summed E-state index contributed by atoms with van der Waals surface area (Å²) in [6.45, 7) is 0.793. The van der Waals surface area contributed by atoms with Gasteiger partial charge in [-0.05, 0) is 19.2 Å². The molecule has 2 aromatic rings. The van der Waals surface area contributed by atoms with Gasteiger partial charge in [0.1, 0.15) is 0 Å². The lowest BCUT2D eigenvalue weighted by atomic mass is 10.1. The Morgan fingerprint density at radius 2 is 2.33 bits per heavy atom. The first-order valence-corrected chi connectivity index (χ1v) is 5.53. The van der Waals surface area contributed by atoms with Crippen molar-refractivity contribution in [3.05, 3.63) is 40.8 Å². The normalized spacial score (nSPS) is 10.5. The Labute approximate surface area is 97.1 Å². The molecular formula is C11H12BrN3. The lowest BCUT2D eigenvalue weighted by molar-refractivity contribution is 0.798. The van der Waals surface area contributed by atoms with Crippen molar-refractivity contribution in [2.45, 2.75) is 6.54 Å². The maximum absolute atomic E-state index is 4.33. The highest BCUT2D eigenvalue weighted by atomic mass is 79.9. The van der Waals surface area contributed by atoms with E-state index in [0.717, 1.165) is 28.0 Å². The minimum absolute atomic E-state index is 0.793. The third-order valence-corrected chi connectivity index (χ3v) is 2.66. The van der Waals surface area contributed by atoms with Crippen LogP contribution in [0.5, 0.6) is 0 Å². The van der Waals surface area contributed by atoms with Gasteiger partial charge in [0.25, 0.3) is 0 Å². The molecule has 4 heteroatoms. The molecule has 1 aromatic heterocycles. The first kappa shape index (κ1) is 10.4. The zero-order valence-electron chi connectivity index (χ0n) is 8.42. The second kappa shape index (κ2) is 4.59. The zero-order valence-corrected chi connectivity index (χ0v) is 10.0. The summed E-state index contributed by atoms with van der Waals surface area (Å²) in [4.78, 5) is 7.47.